The Hall–Kier alpha value is -0.0200. The van der Waals surface area contributed by atoms with E-state index >= 15 is 0 Å². The normalized spacial score (nSPS) is 13.3. The van der Waals surface area contributed by atoms with Crippen LogP contribution in [0.4, 0.5) is 0 Å². The molecule has 1 unspecified atom stereocenters. The first kappa shape index (κ1) is 18.8. The lowest BCUT2D eigenvalue weighted by Gasteiger charge is -2.18. The van der Waals surface area contributed by atoms with Gasteiger partial charge in [-0.25, -0.2) is 0 Å². The van der Waals surface area contributed by atoms with Gasteiger partial charge < -0.3 is 9.79 Å². The lowest BCUT2D eigenvalue weighted by Crippen LogP contribution is -1.99. The standard InChI is InChI=1S/C16H16IO3PS3/c1-2-4-11(21(18,19)20)10-9-15(17)24-16(10)14-7-6-13(23-14)12-5-3-8-22-12/h3,5-9,11H,2,4H2,1H3,(H2,18,19,20). The second kappa shape index (κ2) is 7.70. The van der Waals surface area contributed by atoms with Crippen molar-refractivity contribution in [3.05, 3.63) is 44.2 Å². The molecular weight excluding hydrogens is 494 g/mol. The van der Waals surface area contributed by atoms with Crippen molar-refractivity contribution in [3.8, 4) is 19.5 Å². The highest BCUT2D eigenvalue weighted by atomic mass is 127. The summed E-state index contributed by atoms with van der Waals surface area (Å²) in [5.41, 5.74) is 0.0729. The summed E-state index contributed by atoms with van der Waals surface area (Å²) < 4.78 is 13.1. The largest absolute Gasteiger partial charge is 0.333 e. The van der Waals surface area contributed by atoms with E-state index in [1.165, 1.54) is 9.75 Å². The minimum absolute atomic E-state index is 0.493. The molecule has 128 valence electrons. The Bertz CT molecular complexity index is 863. The second-order valence-electron chi connectivity index (χ2n) is 5.37. The van der Waals surface area contributed by atoms with E-state index < -0.39 is 13.3 Å². The summed E-state index contributed by atoms with van der Waals surface area (Å²) in [4.78, 5) is 24.1. The average Bonchev–Trinajstić information content (AvgIpc) is 3.22. The van der Waals surface area contributed by atoms with E-state index in [0.717, 1.165) is 24.6 Å². The predicted molar refractivity (Wildman–Crippen MR) is 113 cm³/mol. The van der Waals surface area contributed by atoms with Crippen LogP contribution in [0.15, 0.2) is 35.7 Å². The Morgan fingerprint density at radius 2 is 1.92 bits per heavy atom. The van der Waals surface area contributed by atoms with Gasteiger partial charge in [-0.1, -0.05) is 19.4 Å². The van der Waals surface area contributed by atoms with Gasteiger partial charge in [0.15, 0.2) is 0 Å². The Labute approximate surface area is 166 Å². The van der Waals surface area contributed by atoms with E-state index in [1.54, 1.807) is 34.0 Å². The minimum Gasteiger partial charge on any atom is -0.324 e. The minimum atomic E-state index is -4.18. The maximum absolute atomic E-state index is 12.0. The molecule has 0 saturated heterocycles. The smallest absolute Gasteiger partial charge is 0.324 e. The Morgan fingerprint density at radius 3 is 2.54 bits per heavy atom. The summed E-state index contributed by atoms with van der Waals surface area (Å²) in [7, 11) is -4.18. The van der Waals surface area contributed by atoms with Gasteiger partial charge in [0.05, 0.1) is 8.54 Å². The van der Waals surface area contributed by atoms with Crippen LogP contribution in [0.5, 0.6) is 0 Å². The van der Waals surface area contributed by atoms with Gasteiger partial charge in [0.25, 0.3) is 0 Å². The SMILES string of the molecule is CCCC(c1cc(I)sc1-c1ccc(-c2cccs2)s1)P(=O)(O)O. The van der Waals surface area contributed by atoms with Crippen molar-refractivity contribution in [2.24, 2.45) is 0 Å². The average molecular weight is 510 g/mol. The Morgan fingerprint density at radius 1 is 1.17 bits per heavy atom. The summed E-state index contributed by atoms with van der Waals surface area (Å²) in [5, 5.41) is 2.05. The van der Waals surface area contributed by atoms with Crippen LogP contribution < -0.4 is 0 Å². The highest BCUT2D eigenvalue weighted by molar-refractivity contribution is 14.1. The summed E-state index contributed by atoms with van der Waals surface area (Å²) in [6.45, 7) is 1.96. The molecule has 0 aliphatic rings. The van der Waals surface area contributed by atoms with Crippen molar-refractivity contribution in [3.63, 3.8) is 0 Å². The molecule has 0 bridgehead atoms. The van der Waals surface area contributed by atoms with Crippen molar-refractivity contribution >= 4 is 64.2 Å². The summed E-state index contributed by atoms with van der Waals surface area (Å²) >= 11 is 7.22. The van der Waals surface area contributed by atoms with Crippen molar-refractivity contribution in [2.75, 3.05) is 0 Å². The van der Waals surface area contributed by atoms with Gasteiger partial charge in [0.1, 0.15) is 0 Å². The van der Waals surface area contributed by atoms with Crippen molar-refractivity contribution in [1.29, 1.82) is 0 Å². The topological polar surface area (TPSA) is 57.5 Å². The van der Waals surface area contributed by atoms with Gasteiger partial charge in [-0.3, -0.25) is 4.57 Å². The van der Waals surface area contributed by atoms with E-state index in [1.807, 2.05) is 19.1 Å². The first-order valence-electron chi connectivity index (χ1n) is 7.38. The Kier molecular flexibility index (Phi) is 6.02. The number of rotatable bonds is 6. The monoisotopic (exact) mass is 510 g/mol. The van der Waals surface area contributed by atoms with Crippen molar-refractivity contribution in [1.82, 2.24) is 0 Å². The number of thiophene rings is 3. The second-order valence-corrected chi connectivity index (χ2v) is 12.1. The molecule has 3 aromatic heterocycles. The molecule has 0 fully saturated rings. The van der Waals surface area contributed by atoms with Gasteiger partial charge in [-0.2, -0.15) is 0 Å². The number of hydrogen-bond donors (Lipinski definition) is 2. The summed E-state index contributed by atoms with van der Waals surface area (Å²) in [6.07, 6.45) is 1.24. The van der Waals surface area contributed by atoms with E-state index in [2.05, 4.69) is 46.2 Å². The lowest BCUT2D eigenvalue weighted by atomic mass is 10.1. The quantitative estimate of drug-likeness (QED) is 0.282. The molecule has 3 nitrogen and oxygen atoms in total. The molecule has 1 atom stereocenters. The summed E-state index contributed by atoms with van der Waals surface area (Å²) in [6, 6.07) is 10.2. The molecule has 3 heterocycles. The summed E-state index contributed by atoms with van der Waals surface area (Å²) in [5.74, 6) is 0. The molecule has 8 heteroatoms. The third kappa shape index (κ3) is 4.03. The first-order valence-corrected chi connectivity index (χ1v) is 12.7. The van der Waals surface area contributed by atoms with Crippen LogP contribution in [-0.2, 0) is 4.57 Å². The molecule has 0 radical (unpaired) electrons. The fourth-order valence-electron chi connectivity index (χ4n) is 2.60. The van der Waals surface area contributed by atoms with Crippen molar-refractivity contribution < 1.29 is 14.4 Å². The maximum atomic E-state index is 12.0. The van der Waals surface area contributed by atoms with Crippen LogP contribution in [-0.4, -0.2) is 9.79 Å². The van der Waals surface area contributed by atoms with Gasteiger partial charge in [0, 0.05) is 19.5 Å². The van der Waals surface area contributed by atoms with E-state index in [4.69, 9.17) is 0 Å². The van der Waals surface area contributed by atoms with Crippen LogP contribution in [0, 0.1) is 2.88 Å². The zero-order valence-electron chi connectivity index (χ0n) is 12.8. The van der Waals surface area contributed by atoms with Crippen LogP contribution >= 0.6 is 64.2 Å². The molecule has 0 saturated carbocycles. The molecule has 2 N–H and O–H groups in total. The molecule has 0 aromatic carbocycles. The molecule has 0 aliphatic heterocycles. The zero-order chi connectivity index (χ0) is 17.3. The molecule has 0 aliphatic carbocycles. The number of hydrogen-bond acceptors (Lipinski definition) is 4. The van der Waals surface area contributed by atoms with Crippen LogP contribution in [0.3, 0.4) is 0 Å². The highest BCUT2D eigenvalue weighted by Crippen LogP contribution is 2.58. The first-order chi connectivity index (χ1) is 11.4. The van der Waals surface area contributed by atoms with Gasteiger partial charge >= 0.3 is 7.60 Å². The third-order valence-electron chi connectivity index (χ3n) is 3.65. The van der Waals surface area contributed by atoms with Gasteiger partial charge in [-0.05, 0) is 64.2 Å². The van der Waals surface area contributed by atoms with E-state index in [0.29, 0.717) is 6.42 Å². The third-order valence-corrected chi connectivity index (χ3v) is 9.24. The van der Waals surface area contributed by atoms with E-state index in [9.17, 15) is 14.4 Å². The molecule has 3 rings (SSSR count). The predicted octanol–water partition coefficient (Wildman–Crippen LogP) is 6.83. The van der Waals surface area contributed by atoms with Crippen LogP contribution in [0.25, 0.3) is 19.5 Å². The molecular formula is C16H16IO3PS3. The van der Waals surface area contributed by atoms with Gasteiger partial charge in [0.2, 0.25) is 0 Å². The number of halogens is 1. The fourth-order valence-corrected chi connectivity index (χ4v) is 7.77. The molecule has 0 spiro atoms. The van der Waals surface area contributed by atoms with Crippen molar-refractivity contribution in [2.45, 2.75) is 25.4 Å². The fraction of sp³-hybridized carbons (Fsp3) is 0.250. The van der Waals surface area contributed by atoms with E-state index in [-0.39, 0.29) is 0 Å². The molecule has 0 amide bonds. The van der Waals surface area contributed by atoms with Crippen LogP contribution in [0.1, 0.15) is 31.0 Å². The van der Waals surface area contributed by atoms with Gasteiger partial charge in [-0.15, -0.1) is 34.0 Å². The van der Waals surface area contributed by atoms with Crippen LogP contribution in [0.2, 0.25) is 0 Å². The molecule has 3 aromatic rings. The Balaban J connectivity index is 2.05. The maximum Gasteiger partial charge on any atom is 0.333 e. The highest BCUT2D eigenvalue weighted by Gasteiger charge is 2.33. The molecule has 24 heavy (non-hydrogen) atoms. The zero-order valence-corrected chi connectivity index (χ0v) is 18.3. The lowest BCUT2D eigenvalue weighted by molar-refractivity contribution is 0.355.